The number of nitrogens with zero attached hydrogens (tertiary/aromatic N) is 2. The lowest BCUT2D eigenvalue weighted by molar-refractivity contribution is -0.115. The van der Waals surface area contributed by atoms with Crippen molar-refractivity contribution >= 4 is 6.29 Å². The molecule has 2 saturated heterocycles. The lowest BCUT2D eigenvalue weighted by atomic mass is 9.81. The molecule has 4 nitrogen and oxygen atoms in total. The standard InChI is InChI=1S/C14H21N3O/c15-9-14(10-18)6-3-7-17(14)13-8-16-12-5-2-1-4-11(12)13/h10-13,16H,1-8H2. The van der Waals surface area contributed by atoms with E-state index in [9.17, 15) is 10.1 Å². The third kappa shape index (κ3) is 1.69. The number of hydrogen-bond acceptors (Lipinski definition) is 4. The maximum absolute atomic E-state index is 11.4. The molecule has 0 aromatic heterocycles. The zero-order valence-corrected chi connectivity index (χ0v) is 10.8. The van der Waals surface area contributed by atoms with E-state index in [4.69, 9.17) is 0 Å². The summed E-state index contributed by atoms with van der Waals surface area (Å²) in [6.07, 6.45) is 7.69. The van der Waals surface area contributed by atoms with Crippen molar-refractivity contribution in [1.82, 2.24) is 10.2 Å². The molecule has 4 atom stereocenters. The summed E-state index contributed by atoms with van der Waals surface area (Å²) in [6, 6.07) is 3.29. The van der Waals surface area contributed by atoms with Gasteiger partial charge in [0.25, 0.3) is 0 Å². The second-order valence-electron chi connectivity index (χ2n) is 5.98. The van der Waals surface area contributed by atoms with Crippen molar-refractivity contribution in [2.45, 2.75) is 56.1 Å². The molecule has 0 radical (unpaired) electrons. The zero-order chi connectivity index (χ0) is 12.6. The molecule has 98 valence electrons. The Morgan fingerprint density at radius 1 is 1.33 bits per heavy atom. The van der Waals surface area contributed by atoms with Gasteiger partial charge >= 0.3 is 0 Å². The van der Waals surface area contributed by atoms with Crippen molar-refractivity contribution < 1.29 is 4.79 Å². The Morgan fingerprint density at radius 3 is 2.94 bits per heavy atom. The van der Waals surface area contributed by atoms with Crippen molar-refractivity contribution in [3.05, 3.63) is 0 Å². The molecule has 2 aliphatic heterocycles. The molecule has 0 aromatic carbocycles. The van der Waals surface area contributed by atoms with E-state index < -0.39 is 5.54 Å². The molecule has 3 fully saturated rings. The molecule has 0 aromatic rings. The Morgan fingerprint density at radius 2 is 2.17 bits per heavy atom. The van der Waals surface area contributed by atoms with E-state index in [0.29, 0.717) is 24.4 Å². The highest BCUT2D eigenvalue weighted by molar-refractivity contribution is 5.70. The molecule has 0 amide bonds. The first kappa shape index (κ1) is 12.1. The Bertz CT molecular complexity index is 378. The summed E-state index contributed by atoms with van der Waals surface area (Å²) in [4.78, 5) is 13.6. The van der Waals surface area contributed by atoms with Gasteiger partial charge in [-0.3, -0.25) is 4.90 Å². The second kappa shape index (κ2) is 4.64. The number of carbonyl (C=O) groups excluding carboxylic acids is 1. The monoisotopic (exact) mass is 247 g/mol. The van der Waals surface area contributed by atoms with Gasteiger partial charge < -0.3 is 10.1 Å². The first-order valence-corrected chi connectivity index (χ1v) is 7.18. The molecule has 3 rings (SSSR count). The summed E-state index contributed by atoms with van der Waals surface area (Å²) in [6.45, 7) is 1.86. The van der Waals surface area contributed by atoms with Crippen molar-refractivity contribution in [2.75, 3.05) is 13.1 Å². The van der Waals surface area contributed by atoms with Crippen LogP contribution >= 0.6 is 0 Å². The minimum atomic E-state index is -0.835. The van der Waals surface area contributed by atoms with Gasteiger partial charge in [-0.15, -0.1) is 0 Å². The lowest BCUT2D eigenvalue weighted by Crippen LogP contribution is -2.53. The van der Waals surface area contributed by atoms with Crippen LogP contribution in [0.4, 0.5) is 0 Å². The number of carbonyl (C=O) groups is 1. The first-order valence-electron chi connectivity index (χ1n) is 7.18. The number of aldehydes is 1. The van der Waals surface area contributed by atoms with Crippen LogP contribution in [-0.2, 0) is 4.79 Å². The van der Waals surface area contributed by atoms with Crippen molar-refractivity contribution in [3.63, 3.8) is 0 Å². The summed E-state index contributed by atoms with van der Waals surface area (Å²) in [5, 5.41) is 13.0. The lowest BCUT2D eigenvalue weighted by Gasteiger charge is -2.38. The predicted molar refractivity (Wildman–Crippen MR) is 67.9 cm³/mol. The van der Waals surface area contributed by atoms with Crippen molar-refractivity contribution in [2.24, 2.45) is 5.92 Å². The van der Waals surface area contributed by atoms with Crippen molar-refractivity contribution in [1.29, 1.82) is 5.26 Å². The minimum absolute atomic E-state index is 0.391. The van der Waals surface area contributed by atoms with E-state index in [-0.39, 0.29) is 0 Å². The van der Waals surface area contributed by atoms with E-state index in [2.05, 4.69) is 16.3 Å². The molecule has 0 spiro atoms. The van der Waals surface area contributed by atoms with Gasteiger partial charge in [0, 0.05) is 25.2 Å². The SMILES string of the molecule is N#CC1(C=O)CCCN1C1CNC2CCCCC21. The maximum Gasteiger partial charge on any atom is 0.165 e. The number of likely N-dealkylation sites (tertiary alicyclic amines) is 1. The molecule has 4 heteroatoms. The molecular formula is C14H21N3O. The van der Waals surface area contributed by atoms with Crippen LogP contribution in [0.15, 0.2) is 0 Å². The smallest absolute Gasteiger partial charge is 0.165 e. The molecule has 1 saturated carbocycles. The van der Waals surface area contributed by atoms with Gasteiger partial charge in [0.1, 0.15) is 0 Å². The maximum atomic E-state index is 11.4. The summed E-state index contributed by atoms with van der Waals surface area (Å²) >= 11 is 0. The molecule has 3 aliphatic rings. The van der Waals surface area contributed by atoms with Crippen LogP contribution in [0.2, 0.25) is 0 Å². The fourth-order valence-electron chi connectivity index (χ4n) is 4.24. The fraction of sp³-hybridized carbons (Fsp3) is 0.857. The first-order chi connectivity index (χ1) is 8.80. The van der Waals surface area contributed by atoms with Gasteiger partial charge in [0.15, 0.2) is 11.8 Å². The number of hydrogen-bond donors (Lipinski definition) is 1. The number of rotatable bonds is 2. The summed E-state index contributed by atoms with van der Waals surface area (Å²) < 4.78 is 0. The van der Waals surface area contributed by atoms with E-state index in [1.807, 2.05) is 0 Å². The van der Waals surface area contributed by atoms with Crippen LogP contribution in [0.25, 0.3) is 0 Å². The van der Waals surface area contributed by atoms with Crippen molar-refractivity contribution in [3.8, 4) is 6.07 Å². The average molecular weight is 247 g/mol. The topological polar surface area (TPSA) is 56.1 Å². The van der Waals surface area contributed by atoms with Gasteiger partial charge in [0.05, 0.1) is 6.07 Å². The third-order valence-corrected chi connectivity index (χ3v) is 5.16. The molecular weight excluding hydrogens is 226 g/mol. The molecule has 1 aliphatic carbocycles. The normalized spacial score (nSPS) is 44.5. The van der Waals surface area contributed by atoms with Crippen LogP contribution in [-0.4, -0.2) is 41.9 Å². The van der Waals surface area contributed by atoms with Gasteiger partial charge in [-0.25, -0.2) is 0 Å². The Balaban J connectivity index is 1.82. The summed E-state index contributed by atoms with van der Waals surface area (Å²) in [7, 11) is 0. The Kier molecular flexibility index (Phi) is 3.13. The van der Waals surface area contributed by atoms with Gasteiger partial charge in [-0.1, -0.05) is 12.8 Å². The average Bonchev–Trinajstić information content (AvgIpc) is 3.02. The van der Waals surface area contributed by atoms with Crippen LogP contribution in [0, 0.1) is 17.2 Å². The Labute approximate surface area is 108 Å². The van der Waals surface area contributed by atoms with E-state index in [1.54, 1.807) is 0 Å². The van der Waals surface area contributed by atoms with Gasteiger partial charge in [0.2, 0.25) is 0 Å². The molecule has 4 unspecified atom stereocenters. The number of nitriles is 1. The number of fused-ring (bicyclic) bond motifs is 1. The van der Waals surface area contributed by atoms with Crippen LogP contribution in [0.1, 0.15) is 38.5 Å². The second-order valence-corrected chi connectivity index (χ2v) is 5.98. The zero-order valence-electron chi connectivity index (χ0n) is 10.8. The molecule has 0 bridgehead atoms. The summed E-state index contributed by atoms with van der Waals surface area (Å²) in [5.74, 6) is 0.643. The highest BCUT2D eigenvalue weighted by Gasteiger charge is 2.50. The van der Waals surface area contributed by atoms with E-state index in [1.165, 1.54) is 25.7 Å². The fourth-order valence-corrected chi connectivity index (χ4v) is 4.24. The summed E-state index contributed by atoms with van der Waals surface area (Å²) in [5.41, 5.74) is -0.835. The minimum Gasteiger partial charge on any atom is -0.312 e. The number of nitrogens with one attached hydrogen (secondary N) is 1. The van der Waals surface area contributed by atoms with E-state index in [0.717, 1.165) is 25.8 Å². The molecule has 2 heterocycles. The third-order valence-electron chi connectivity index (χ3n) is 5.16. The van der Waals surface area contributed by atoms with E-state index >= 15 is 0 Å². The van der Waals surface area contributed by atoms with Gasteiger partial charge in [-0.2, -0.15) is 5.26 Å². The van der Waals surface area contributed by atoms with Crippen LogP contribution in [0.5, 0.6) is 0 Å². The molecule has 18 heavy (non-hydrogen) atoms. The van der Waals surface area contributed by atoms with Crippen LogP contribution in [0.3, 0.4) is 0 Å². The van der Waals surface area contributed by atoms with Gasteiger partial charge in [-0.05, 0) is 31.6 Å². The van der Waals surface area contributed by atoms with Crippen LogP contribution < -0.4 is 5.32 Å². The molecule has 1 N–H and O–H groups in total. The quantitative estimate of drug-likeness (QED) is 0.742. The predicted octanol–water partition coefficient (Wildman–Crippen LogP) is 1.07. The highest BCUT2D eigenvalue weighted by atomic mass is 16.1. The highest BCUT2D eigenvalue weighted by Crippen LogP contribution is 2.39. The largest absolute Gasteiger partial charge is 0.312 e. The Hall–Kier alpha value is -0.920.